The molecule has 2 heterocycles. The number of aryl methyl sites for hydroxylation is 1. The summed E-state index contributed by atoms with van der Waals surface area (Å²) in [6.07, 6.45) is 3.45. The standard InChI is InChI=1S/C22H23N5O2/c1-26-15-23-25-21(26)17-9-5-10-18(14-17)24-22(29)19-11-6-12-27(19)20(28)13-16-7-3-2-4-8-16/h2-5,7-10,14-15,19H,6,11-13H2,1H3,(H,24,29). The van der Waals surface area contributed by atoms with Crippen LogP contribution < -0.4 is 5.32 Å². The van der Waals surface area contributed by atoms with Crippen LogP contribution in [-0.4, -0.2) is 44.1 Å². The van der Waals surface area contributed by atoms with Crippen LogP contribution >= 0.6 is 0 Å². The third-order valence-corrected chi connectivity index (χ3v) is 5.17. The van der Waals surface area contributed by atoms with E-state index >= 15 is 0 Å². The molecule has 2 amide bonds. The Bertz CT molecular complexity index is 1010. The van der Waals surface area contributed by atoms with E-state index in [2.05, 4.69) is 15.5 Å². The minimum Gasteiger partial charge on any atom is -0.330 e. The molecule has 1 fully saturated rings. The molecule has 1 unspecified atom stereocenters. The Morgan fingerprint density at radius 1 is 1.14 bits per heavy atom. The molecule has 3 aromatic rings. The largest absolute Gasteiger partial charge is 0.330 e. The van der Waals surface area contributed by atoms with Gasteiger partial charge in [-0.2, -0.15) is 0 Å². The quantitative estimate of drug-likeness (QED) is 0.728. The predicted octanol–water partition coefficient (Wildman–Crippen LogP) is 2.65. The molecule has 29 heavy (non-hydrogen) atoms. The molecular weight excluding hydrogens is 366 g/mol. The van der Waals surface area contributed by atoms with E-state index in [1.165, 1.54) is 0 Å². The van der Waals surface area contributed by atoms with Crippen molar-refractivity contribution in [3.05, 3.63) is 66.5 Å². The number of hydrogen-bond donors (Lipinski definition) is 1. The monoisotopic (exact) mass is 389 g/mol. The van der Waals surface area contributed by atoms with Crippen LogP contribution in [0, 0.1) is 0 Å². The van der Waals surface area contributed by atoms with Gasteiger partial charge in [0.2, 0.25) is 11.8 Å². The summed E-state index contributed by atoms with van der Waals surface area (Å²) in [6, 6.07) is 16.7. The second kappa shape index (κ2) is 8.26. The van der Waals surface area contributed by atoms with Crippen molar-refractivity contribution in [3.8, 4) is 11.4 Å². The highest BCUT2D eigenvalue weighted by molar-refractivity contribution is 5.98. The fourth-order valence-electron chi connectivity index (χ4n) is 3.72. The van der Waals surface area contributed by atoms with Crippen LogP contribution in [0.1, 0.15) is 18.4 Å². The Kier molecular flexibility index (Phi) is 5.37. The first-order valence-corrected chi connectivity index (χ1v) is 9.70. The lowest BCUT2D eigenvalue weighted by atomic mass is 10.1. The molecule has 0 saturated carbocycles. The number of amides is 2. The van der Waals surface area contributed by atoms with E-state index in [-0.39, 0.29) is 11.8 Å². The molecule has 0 spiro atoms. The van der Waals surface area contributed by atoms with Gasteiger partial charge in [-0.05, 0) is 30.5 Å². The Labute approximate surface area is 169 Å². The lowest BCUT2D eigenvalue weighted by molar-refractivity contribution is -0.136. The number of hydrogen-bond acceptors (Lipinski definition) is 4. The van der Waals surface area contributed by atoms with Gasteiger partial charge in [-0.1, -0.05) is 42.5 Å². The lowest BCUT2D eigenvalue weighted by Gasteiger charge is -2.24. The van der Waals surface area contributed by atoms with Crippen molar-refractivity contribution in [2.24, 2.45) is 7.05 Å². The minimum atomic E-state index is -0.440. The molecule has 0 aliphatic carbocycles. The van der Waals surface area contributed by atoms with E-state index in [9.17, 15) is 9.59 Å². The Morgan fingerprint density at radius 3 is 2.72 bits per heavy atom. The zero-order valence-corrected chi connectivity index (χ0v) is 16.3. The molecular formula is C22H23N5O2. The maximum atomic E-state index is 12.9. The molecule has 7 nitrogen and oxygen atoms in total. The van der Waals surface area contributed by atoms with Crippen molar-refractivity contribution in [3.63, 3.8) is 0 Å². The Balaban J connectivity index is 1.45. The number of carbonyl (C=O) groups is 2. The average Bonchev–Trinajstić information content (AvgIpc) is 3.38. The van der Waals surface area contributed by atoms with Gasteiger partial charge >= 0.3 is 0 Å². The lowest BCUT2D eigenvalue weighted by Crippen LogP contribution is -2.43. The number of likely N-dealkylation sites (tertiary alicyclic amines) is 1. The van der Waals surface area contributed by atoms with Crippen LogP contribution in [-0.2, 0) is 23.1 Å². The first-order valence-electron chi connectivity index (χ1n) is 9.70. The summed E-state index contributed by atoms with van der Waals surface area (Å²) >= 11 is 0. The summed E-state index contributed by atoms with van der Waals surface area (Å²) in [4.78, 5) is 27.4. The summed E-state index contributed by atoms with van der Waals surface area (Å²) in [5.41, 5.74) is 2.50. The zero-order valence-electron chi connectivity index (χ0n) is 16.3. The van der Waals surface area contributed by atoms with Gasteiger partial charge in [-0.3, -0.25) is 9.59 Å². The number of nitrogens with one attached hydrogen (secondary N) is 1. The number of anilines is 1. The van der Waals surface area contributed by atoms with Crippen LogP contribution in [0.5, 0.6) is 0 Å². The highest BCUT2D eigenvalue weighted by Gasteiger charge is 2.33. The average molecular weight is 389 g/mol. The van der Waals surface area contributed by atoms with Crippen LogP contribution in [0.2, 0.25) is 0 Å². The molecule has 4 rings (SSSR count). The predicted molar refractivity (Wildman–Crippen MR) is 110 cm³/mol. The van der Waals surface area contributed by atoms with Crippen molar-refractivity contribution < 1.29 is 9.59 Å². The molecule has 1 aromatic heterocycles. The van der Waals surface area contributed by atoms with E-state index in [4.69, 9.17) is 0 Å². The zero-order chi connectivity index (χ0) is 20.2. The summed E-state index contributed by atoms with van der Waals surface area (Å²) in [6.45, 7) is 0.614. The van der Waals surface area contributed by atoms with Crippen molar-refractivity contribution in [2.75, 3.05) is 11.9 Å². The maximum absolute atomic E-state index is 12.9. The second-order valence-electron chi connectivity index (χ2n) is 7.24. The number of rotatable bonds is 5. The van der Waals surface area contributed by atoms with E-state index in [1.54, 1.807) is 11.2 Å². The van der Waals surface area contributed by atoms with Gasteiger partial charge in [-0.25, -0.2) is 0 Å². The van der Waals surface area contributed by atoms with Gasteiger partial charge in [-0.15, -0.1) is 10.2 Å². The number of benzene rings is 2. The van der Waals surface area contributed by atoms with Gasteiger partial charge in [0.15, 0.2) is 5.82 Å². The SMILES string of the molecule is Cn1cnnc1-c1cccc(NC(=O)C2CCCN2C(=O)Cc2ccccc2)c1. The van der Waals surface area contributed by atoms with Crippen LogP contribution in [0.3, 0.4) is 0 Å². The maximum Gasteiger partial charge on any atom is 0.247 e. The van der Waals surface area contributed by atoms with Gasteiger partial charge in [0.25, 0.3) is 0 Å². The summed E-state index contributed by atoms with van der Waals surface area (Å²) in [7, 11) is 1.87. The van der Waals surface area contributed by atoms with Gasteiger partial charge in [0, 0.05) is 24.8 Å². The smallest absolute Gasteiger partial charge is 0.247 e. The van der Waals surface area contributed by atoms with Gasteiger partial charge in [0.1, 0.15) is 12.4 Å². The van der Waals surface area contributed by atoms with E-state index in [0.29, 0.717) is 25.1 Å². The third-order valence-electron chi connectivity index (χ3n) is 5.17. The molecule has 7 heteroatoms. The summed E-state index contributed by atoms with van der Waals surface area (Å²) in [5, 5.41) is 11.0. The molecule has 2 aromatic carbocycles. The molecule has 0 bridgehead atoms. The van der Waals surface area contributed by atoms with Crippen LogP contribution in [0.15, 0.2) is 60.9 Å². The van der Waals surface area contributed by atoms with Gasteiger partial charge < -0.3 is 14.8 Å². The van der Waals surface area contributed by atoms with E-state index < -0.39 is 6.04 Å². The number of aromatic nitrogens is 3. The molecule has 1 saturated heterocycles. The van der Waals surface area contributed by atoms with E-state index in [1.807, 2.05) is 66.2 Å². The Hall–Kier alpha value is -3.48. The van der Waals surface area contributed by atoms with Crippen molar-refractivity contribution in [1.29, 1.82) is 0 Å². The fourth-order valence-corrected chi connectivity index (χ4v) is 3.72. The normalized spacial score (nSPS) is 16.0. The first-order chi connectivity index (χ1) is 14.1. The summed E-state index contributed by atoms with van der Waals surface area (Å²) < 4.78 is 1.82. The fraction of sp³-hybridized carbons (Fsp3) is 0.273. The number of nitrogens with zero attached hydrogens (tertiary/aromatic N) is 4. The third kappa shape index (κ3) is 4.18. The summed E-state index contributed by atoms with van der Waals surface area (Å²) in [5.74, 6) is 0.558. The van der Waals surface area contributed by atoms with E-state index in [0.717, 1.165) is 23.4 Å². The van der Waals surface area contributed by atoms with Crippen molar-refractivity contribution >= 4 is 17.5 Å². The molecule has 0 radical (unpaired) electrons. The molecule has 1 aliphatic rings. The van der Waals surface area contributed by atoms with Crippen molar-refractivity contribution in [2.45, 2.75) is 25.3 Å². The highest BCUT2D eigenvalue weighted by Crippen LogP contribution is 2.23. The number of carbonyl (C=O) groups excluding carboxylic acids is 2. The highest BCUT2D eigenvalue weighted by atomic mass is 16.2. The molecule has 148 valence electrons. The Morgan fingerprint density at radius 2 is 1.97 bits per heavy atom. The van der Waals surface area contributed by atoms with Crippen LogP contribution in [0.25, 0.3) is 11.4 Å². The molecule has 1 aliphatic heterocycles. The molecule has 1 atom stereocenters. The first kappa shape index (κ1) is 18.9. The topological polar surface area (TPSA) is 80.1 Å². The second-order valence-corrected chi connectivity index (χ2v) is 7.24. The minimum absolute atomic E-state index is 0.0123. The van der Waals surface area contributed by atoms with Gasteiger partial charge in [0.05, 0.1) is 6.42 Å². The van der Waals surface area contributed by atoms with Crippen LogP contribution in [0.4, 0.5) is 5.69 Å². The van der Waals surface area contributed by atoms with Crippen molar-refractivity contribution in [1.82, 2.24) is 19.7 Å². The molecule has 1 N–H and O–H groups in total.